The molecule has 0 aromatic heterocycles. The van der Waals surface area contributed by atoms with Gasteiger partial charge in [0.1, 0.15) is 0 Å². The van der Waals surface area contributed by atoms with Gasteiger partial charge in [0.15, 0.2) is 6.10 Å². The highest BCUT2D eigenvalue weighted by molar-refractivity contribution is 5.91. The molecule has 1 atom stereocenters. The predicted molar refractivity (Wildman–Crippen MR) is 47.1 cm³/mol. The molecule has 78 valence electrons. The second-order valence-corrected chi connectivity index (χ2v) is 2.74. The van der Waals surface area contributed by atoms with Gasteiger partial charge < -0.3 is 9.47 Å². The van der Waals surface area contributed by atoms with Crippen LogP contribution in [0.1, 0.15) is 20.8 Å². The second-order valence-electron chi connectivity index (χ2n) is 2.74. The first-order valence-corrected chi connectivity index (χ1v) is 3.93. The van der Waals surface area contributed by atoms with Crippen molar-refractivity contribution in [2.45, 2.75) is 26.9 Å². The van der Waals surface area contributed by atoms with Crippen LogP contribution in [0.5, 0.6) is 0 Å². The highest BCUT2D eigenvalue weighted by Crippen LogP contribution is 2.00. The number of rotatable bonds is 3. The molecule has 0 saturated carbocycles. The van der Waals surface area contributed by atoms with Crippen molar-refractivity contribution in [3.8, 4) is 0 Å². The van der Waals surface area contributed by atoms with Crippen LogP contribution in [0.2, 0.25) is 0 Å². The third kappa shape index (κ3) is 4.39. The van der Waals surface area contributed by atoms with Crippen LogP contribution in [0.25, 0.3) is 0 Å². The van der Waals surface area contributed by atoms with Gasteiger partial charge in [-0.2, -0.15) is 0 Å². The molecule has 0 aromatic carbocycles. The lowest BCUT2D eigenvalue weighted by molar-refractivity contribution is -0.170. The standard InChI is InChI=1S/C9H12O5/c1-5(2)8(11)13-6(3)9(12)14-7(4)10/h6H,1H2,2-4H3. The van der Waals surface area contributed by atoms with Crippen LogP contribution < -0.4 is 0 Å². The number of carbonyl (C=O) groups excluding carboxylic acids is 3. The molecule has 5 heteroatoms. The topological polar surface area (TPSA) is 69.7 Å². The fourth-order valence-corrected chi connectivity index (χ4v) is 0.534. The van der Waals surface area contributed by atoms with Gasteiger partial charge in [-0.25, -0.2) is 9.59 Å². The van der Waals surface area contributed by atoms with Crippen molar-refractivity contribution in [2.24, 2.45) is 0 Å². The minimum absolute atomic E-state index is 0.174. The molecule has 0 heterocycles. The molecule has 0 amide bonds. The lowest BCUT2D eigenvalue weighted by Gasteiger charge is -2.10. The third-order valence-electron chi connectivity index (χ3n) is 1.21. The summed E-state index contributed by atoms with van der Waals surface area (Å²) in [6, 6.07) is 0. The number of hydrogen-bond donors (Lipinski definition) is 0. The van der Waals surface area contributed by atoms with E-state index in [9.17, 15) is 14.4 Å². The SMILES string of the molecule is C=C(C)C(=O)OC(C)C(=O)OC(C)=O. The van der Waals surface area contributed by atoms with E-state index >= 15 is 0 Å². The van der Waals surface area contributed by atoms with E-state index in [-0.39, 0.29) is 5.57 Å². The molecule has 0 aliphatic heterocycles. The summed E-state index contributed by atoms with van der Waals surface area (Å²) >= 11 is 0. The molecule has 0 radical (unpaired) electrons. The molecule has 0 spiro atoms. The maximum absolute atomic E-state index is 11.0. The highest BCUT2D eigenvalue weighted by Gasteiger charge is 2.20. The van der Waals surface area contributed by atoms with Gasteiger partial charge in [0, 0.05) is 12.5 Å². The molecule has 14 heavy (non-hydrogen) atoms. The van der Waals surface area contributed by atoms with Crippen LogP contribution in [0.3, 0.4) is 0 Å². The fraction of sp³-hybridized carbons (Fsp3) is 0.444. The second kappa shape index (κ2) is 5.16. The summed E-state index contributed by atoms with van der Waals surface area (Å²) in [6.45, 7) is 7.18. The highest BCUT2D eigenvalue weighted by atomic mass is 16.6. The summed E-state index contributed by atoms with van der Waals surface area (Å²) in [5, 5.41) is 0. The molecule has 1 unspecified atom stereocenters. The Kier molecular flexibility index (Phi) is 4.55. The molecular formula is C9H12O5. The monoisotopic (exact) mass is 200 g/mol. The minimum Gasteiger partial charge on any atom is -0.447 e. The maximum atomic E-state index is 11.0. The normalized spacial score (nSPS) is 11.4. The lowest BCUT2D eigenvalue weighted by Crippen LogP contribution is -2.27. The summed E-state index contributed by atoms with van der Waals surface area (Å²) in [6.07, 6.45) is -1.11. The van der Waals surface area contributed by atoms with Gasteiger partial charge in [0.25, 0.3) is 0 Å². The van der Waals surface area contributed by atoms with Crippen LogP contribution in [-0.2, 0) is 23.9 Å². The van der Waals surface area contributed by atoms with Gasteiger partial charge in [-0.15, -0.1) is 0 Å². The fourth-order valence-electron chi connectivity index (χ4n) is 0.534. The van der Waals surface area contributed by atoms with Gasteiger partial charge in [-0.3, -0.25) is 4.79 Å². The van der Waals surface area contributed by atoms with E-state index in [1.807, 2.05) is 0 Å². The van der Waals surface area contributed by atoms with E-state index in [0.29, 0.717) is 0 Å². The molecule has 0 saturated heterocycles. The van der Waals surface area contributed by atoms with Crippen molar-refractivity contribution >= 4 is 17.9 Å². The molecule has 5 nitrogen and oxygen atoms in total. The zero-order valence-corrected chi connectivity index (χ0v) is 8.33. The van der Waals surface area contributed by atoms with Crippen LogP contribution in [-0.4, -0.2) is 24.0 Å². The zero-order chi connectivity index (χ0) is 11.3. The summed E-state index contributed by atoms with van der Waals surface area (Å²) in [4.78, 5) is 32.3. The zero-order valence-electron chi connectivity index (χ0n) is 8.33. The van der Waals surface area contributed by atoms with Gasteiger partial charge in [0.2, 0.25) is 0 Å². The molecule has 0 rings (SSSR count). The molecule has 0 fully saturated rings. The van der Waals surface area contributed by atoms with Crippen molar-refractivity contribution in [1.29, 1.82) is 0 Å². The first-order chi connectivity index (χ1) is 6.34. The molecule has 0 N–H and O–H groups in total. The molecular weight excluding hydrogens is 188 g/mol. The van der Waals surface area contributed by atoms with Crippen LogP contribution in [0, 0.1) is 0 Å². The van der Waals surface area contributed by atoms with Crippen molar-refractivity contribution in [1.82, 2.24) is 0 Å². The van der Waals surface area contributed by atoms with E-state index in [0.717, 1.165) is 6.92 Å². The molecule has 0 aliphatic carbocycles. The van der Waals surface area contributed by atoms with Crippen molar-refractivity contribution in [2.75, 3.05) is 0 Å². The Morgan fingerprint density at radius 2 is 1.71 bits per heavy atom. The number of hydrogen-bond acceptors (Lipinski definition) is 5. The Morgan fingerprint density at radius 3 is 2.07 bits per heavy atom. The predicted octanol–water partition coefficient (Wildman–Crippen LogP) is 0.584. The van der Waals surface area contributed by atoms with E-state index in [1.54, 1.807) is 0 Å². The van der Waals surface area contributed by atoms with Gasteiger partial charge >= 0.3 is 17.9 Å². The van der Waals surface area contributed by atoms with Gasteiger partial charge in [-0.1, -0.05) is 6.58 Å². The summed E-state index contributed by atoms with van der Waals surface area (Å²) in [5.41, 5.74) is 0.174. The molecule has 0 bridgehead atoms. The van der Waals surface area contributed by atoms with Crippen molar-refractivity contribution < 1.29 is 23.9 Å². The first-order valence-electron chi connectivity index (χ1n) is 3.93. The van der Waals surface area contributed by atoms with Crippen molar-refractivity contribution in [3.63, 3.8) is 0 Å². The number of carbonyl (C=O) groups is 3. The van der Waals surface area contributed by atoms with E-state index in [4.69, 9.17) is 0 Å². The van der Waals surface area contributed by atoms with E-state index in [2.05, 4.69) is 16.1 Å². The average Bonchev–Trinajstić information content (AvgIpc) is 2.02. The Labute approximate surface area is 81.7 Å². The van der Waals surface area contributed by atoms with Gasteiger partial charge in [-0.05, 0) is 13.8 Å². The average molecular weight is 200 g/mol. The van der Waals surface area contributed by atoms with E-state index < -0.39 is 24.0 Å². The minimum atomic E-state index is -1.11. The first kappa shape index (κ1) is 12.3. The Hall–Kier alpha value is -1.65. The summed E-state index contributed by atoms with van der Waals surface area (Å²) in [5.74, 6) is -2.33. The summed E-state index contributed by atoms with van der Waals surface area (Å²) in [7, 11) is 0. The molecule has 0 aromatic rings. The smallest absolute Gasteiger partial charge is 0.354 e. The lowest BCUT2D eigenvalue weighted by atomic mass is 10.3. The van der Waals surface area contributed by atoms with E-state index in [1.165, 1.54) is 13.8 Å². The Bertz CT molecular complexity index is 279. The number of ether oxygens (including phenoxy) is 2. The van der Waals surface area contributed by atoms with Crippen LogP contribution in [0.15, 0.2) is 12.2 Å². The third-order valence-corrected chi connectivity index (χ3v) is 1.21. The van der Waals surface area contributed by atoms with Gasteiger partial charge in [0.05, 0.1) is 0 Å². The summed E-state index contributed by atoms with van der Waals surface area (Å²) < 4.78 is 8.82. The van der Waals surface area contributed by atoms with Crippen molar-refractivity contribution in [3.05, 3.63) is 12.2 Å². The maximum Gasteiger partial charge on any atom is 0.354 e. The van der Waals surface area contributed by atoms with Crippen LogP contribution in [0.4, 0.5) is 0 Å². The largest absolute Gasteiger partial charge is 0.447 e. The number of esters is 3. The Morgan fingerprint density at radius 1 is 1.21 bits per heavy atom. The molecule has 0 aliphatic rings. The van der Waals surface area contributed by atoms with Crippen LogP contribution >= 0.6 is 0 Å². The Balaban J connectivity index is 4.14. The quantitative estimate of drug-likeness (QED) is 0.378.